The van der Waals surface area contributed by atoms with Crippen molar-refractivity contribution < 1.29 is 19.7 Å². The van der Waals surface area contributed by atoms with Crippen molar-refractivity contribution in [3.63, 3.8) is 0 Å². The Labute approximate surface area is 172 Å². The molecule has 0 saturated carbocycles. The third kappa shape index (κ3) is 2.52. The van der Waals surface area contributed by atoms with E-state index in [0.29, 0.717) is 22.5 Å². The Balaban J connectivity index is 1.82. The molecule has 7 nitrogen and oxygen atoms in total. The molecule has 30 heavy (non-hydrogen) atoms. The maximum absolute atomic E-state index is 13.5. The topological polar surface area (TPSA) is 102 Å². The second-order valence-corrected chi connectivity index (χ2v) is 7.80. The van der Waals surface area contributed by atoms with E-state index in [4.69, 9.17) is 9.72 Å². The monoisotopic (exact) mass is 406 g/mol. The van der Waals surface area contributed by atoms with Crippen LogP contribution in [0.1, 0.15) is 42.7 Å². The molecule has 1 aliphatic carbocycles. The molecule has 2 atom stereocenters. The molecule has 2 aromatic heterocycles. The van der Waals surface area contributed by atoms with Gasteiger partial charge >= 0.3 is 0 Å². The number of aromatic nitrogens is 2. The van der Waals surface area contributed by atoms with Crippen LogP contribution in [-0.2, 0) is 21.6 Å². The Morgan fingerprint density at radius 3 is 2.80 bits per heavy atom. The zero-order chi connectivity index (χ0) is 21.0. The van der Waals surface area contributed by atoms with Gasteiger partial charge in [-0.05, 0) is 31.0 Å². The van der Waals surface area contributed by atoms with E-state index in [1.165, 1.54) is 4.57 Å². The molecule has 2 aliphatic rings. The van der Waals surface area contributed by atoms with Gasteiger partial charge in [0.15, 0.2) is 12.0 Å². The molecule has 5 rings (SSSR count). The lowest BCUT2D eigenvalue weighted by Crippen LogP contribution is -2.43. The highest BCUT2D eigenvalue weighted by atomic mass is 16.5. The highest BCUT2D eigenvalue weighted by Crippen LogP contribution is 2.43. The molecule has 1 unspecified atom stereocenters. The first-order chi connectivity index (χ1) is 14.5. The van der Waals surface area contributed by atoms with Gasteiger partial charge in [0.05, 0.1) is 30.1 Å². The molecule has 3 aromatic rings. The second kappa shape index (κ2) is 6.84. The van der Waals surface area contributed by atoms with Gasteiger partial charge in [0, 0.05) is 28.5 Å². The molecule has 0 spiro atoms. The highest BCUT2D eigenvalue weighted by molar-refractivity contribution is 5.91. The standard InChI is InChI=1S/C23H22N2O5/c1-2-23(29)16-12-18-20-15(11-13-5-3-4-6-17(13)24-20)22(30-10-9-26)25(18)21(28)14(16)7-8-19(23)27/h3-6,11-12,22,26,29H,2,7-10H2,1H3/t22?,23-/m0/s1. The van der Waals surface area contributed by atoms with Crippen LogP contribution in [0.4, 0.5) is 0 Å². The number of carbonyl (C=O) groups excluding carboxylic acids is 1. The van der Waals surface area contributed by atoms with E-state index in [9.17, 15) is 19.8 Å². The Hall–Kier alpha value is -2.87. The number of carbonyl (C=O) groups is 1. The Morgan fingerprint density at radius 2 is 2.03 bits per heavy atom. The summed E-state index contributed by atoms with van der Waals surface area (Å²) in [4.78, 5) is 30.8. The maximum Gasteiger partial charge on any atom is 0.257 e. The predicted octanol–water partition coefficient (Wildman–Crippen LogP) is 2.05. The van der Waals surface area contributed by atoms with Crippen molar-refractivity contribution in [1.82, 2.24) is 9.55 Å². The van der Waals surface area contributed by atoms with Crippen LogP contribution in [-0.4, -0.2) is 38.8 Å². The zero-order valence-electron chi connectivity index (χ0n) is 16.6. The van der Waals surface area contributed by atoms with E-state index in [2.05, 4.69) is 0 Å². The van der Waals surface area contributed by atoms with Crippen LogP contribution in [0.15, 0.2) is 41.2 Å². The molecule has 0 saturated heterocycles. The molecule has 1 aliphatic heterocycles. The number of fused-ring (bicyclic) bond motifs is 5. The quantitative estimate of drug-likeness (QED) is 0.688. The SMILES string of the molecule is CC[C@@]1(O)C(=O)CCc2c1cc1n(c2=O)C(OCCO)c2cc3ccccc3nc2-1. The summed E-state index contributed by atoms with van der Waals surface area (Å²) >= 11 is 0. The van der Waals surface area contributed by atoms with Crippen molar-refractivity contribution in [3.05, 3.63) is 63.4 Å². The molecule has 3 heterocycles. The van der Waals surface area contributed by atoms with Crippen molar-refractivity contribution in [2.24, 2.45) is 0 Å². The number of ketones is 1. The number of aliphatic hydroxyl groups is 2. The van der Waals surface area contributed by atoms with Crippen LogP contribution in [0.2, 0.25) is 0 Å². The Morgan fingerprint density at radius 1 is 1.23 bits per heavy atom. The van der Waals surface area contributed by atoms with Crippen LogP contribution in [0, 0.1) is 0 Å². The van der Waals surface area contributed by atoms with E-state index in [1.807, 2.05) is 30.3 Å². The number of ether oxygens (including phenoxy) is 1. The number of benzene rings is 1. The first-order valence-electron chi connectivity index (χ1n) is 10.2. The summed E-state index contributed by atoms with van der Waals surface area (Å²) in [5, 5.41) is 21.3. The van der Waals surface area contributed by atoms with E-state index >= 15 is 0 Å². The number of aliphatic hydroxyl groups excluding tert-OH is 1. The summed E-state index contributed by atoms with van der Waals surface area (Å²) < 4.78 is 7.41. The first-order valence-corrected chi connectivity index (χ1v) is 10.2. The van der Waals surface area contributed by atoms with Crippen molar-refractivity contribution in [1.29, 1.82) is 0 Å². The summed E-state index contributed by atoms with van der Waals surface area (Å²) in [5.74, 6) is -0.264. The number of Topliss-reactive ketones (excluding diaryl/α,β-unsaturated/α-hetero) is 1. The number of hydrogen-bond acceptors (Lipinski definition) is 6. The number of pyridine rings is 2. The van der Waals surface area contributed by atoms with Crippen molar-refractivity contribution in [2.75, 3.05) is 13.2 Å². The second-order valence-electron chi connectivity index (χ2n) is 7.80. The molecule has 0 amide bonds. The fourth-order valence-electron chi connectivity index (χ4n) is 4.67. The molecule has 2 N–H and O–H groups in total. The van der Waals surface area contributed by atoms with Crippen molar-refractivity contribution in [2.45, 2.75) is 38.0 Å². The molecule has 1 aromatic carbocycles. The molecular formula is C23H22N2O5. The Kier molecular flexibility index (Phi) is 4.36. The summed E-state index contributed by atoms with van der Waals surface area (Å²) in [6.45, 7) is 1.63. The summed E-state index contributed by atoms with van der Waals surface area (Å²) in [5.41, 5.74) is 1.48. The highest BCUT2D eigenvalue weighted by Gasteiger charge is 2.44. The van der Waals surface area contributed by atoms with Gasteiger partial charge in [0.25, 0.3) is 5.56 Å². The average molecular weight is 406 g/mol. The van der Waals surface area contributed by atoms with Crippen LogP contribution in [0.5, 0.6) is 0 Å². The van der Waals surface area contributed by atoms with Gasteiger partial charge in [-0.15, -0.1) is 0 Å². The van der Waals surface area contributed by atoms with Crippen molar-refractivity contribution >= 4 is 16.7 Å². The fourth-order valence-corrected chi connectivity index (χ4v) is 4.67. The number of para-hydroxylation sites is 1. The van der Waals surface area contributed by atoms with E-state index in [0.717, 1.165) is 16.5 Å². The van der Waals surface area contributed by atoms with Gasteiger partial charge in [-0.3, -0.25) is 14.2 Å². The van der Waals surface area contributed by atoms with Crippen LogP contribution in [0.25, 0.3) is 22.3 Å². The maximum atomic E-state index is 13.5. The normalized spacial score (nSPS) is 22.1. The minimum absolute atomic E-state index is 0.0667. The fraction of sp³-hybridized carbons (Fsp3) is 0.348. The number of hydrogen-bond donors (Lipinski definition) is 2. The molecule has 154 valence electrons. The van der Waals surface area contributed by atoms with Crippen LogP contribution < -0.4 is 5.56 Å². The lowest BCUT2D eigenvalue weighted by molar-refractivity contribution is -0.140. The van der Waals surface area contributed by atoms with Crippen LogP contribution >= 0.6 is 0 Å². The van der Waals surface area contributed by atoms with E-state index < -0.39 is 11.8 Å². The smallest absolute Gasteiger partial charge is 0.257 e. The summed E-state index contributed by atoms with van der Waals surface area (Å²) in [7, 11) is 0. The van der Waals surface area contributed by atoms with Gasteiger partial charge in [-0.1, -0.05) is 25.1 Å². The summed E-state index contributed by atoms with van der Waals surface area (Å²) in [6.07, 6.45) is -0.106. The lowest BCUT2D eigenvalue weighted by atomic mass is 9.77. The zero-order valence-corrected chi connectivity index (χ0v) is 16.6. The number of rotatable bonds is 4. The van der Waals surface area contributed by atoms with Gasteiger partial charge in [0.2, 0.25) is 0 Å². The van der Waals surface area contributed by atoms with Gasteiger partial charge in [-0.25, -0.2) is 4.98 Å². The van der Waals surface area contributed by atoms with E-state index in [1.54, 1.807) is 13.0 Å². The van der Waals surface area contributed by atoms with Gasteiger partial charge in [0.1, 0.15) is 5.60 Å². The molecule has 0 fully saturated rings. The van der Waals surface area contributed by atoms with Gasteiger partial charge in [-0.2, -0.15) is 0 Å². The minimum Gasteiger partial charge on any atom is -0.394 e. The molecule has 7 heteroatoms. The molecule has 0 radical (unpaired) electrons. The van der Waals surface area contributed by atoms with Crippen LogP contribution in [0.3, 0.4) is 0 Å². The number of nitrogens with zero attached hydrogens (tertiary/aromatic N) is 2. The van der Waals surface area contributed by atoms with E-state index in [-0.39, 0.29) is 43.8 Å². The first kappa shape index (κ1) is 19.1. The third-order valence-electron chi connectivity index (χ3n) is 6.23. The minimum atomic E-state index is -1.66. The summed E-state index contributed by atoms with van der Waals surface area (Å²) in [6, 6.07) is 11.3. The molecule has 0 bridgehead atoms. The Bertz CT molecular complexity index is 1250. The average Bonchev–Trinajstić information content (AvgIpc) is 3.06. The molecular weight excluding hydrogens is 384 g/mol. The van der Waals surface area contributed by atoms with Gasteiger partial charge < -0.3 is 14.9 Å². The lowest BCUT2D eigenvalue weighted by Gasteiger charge is -2.32. The predicted molar refractivity (Wildman–Crippen MR) is 110 cm³/mol. The largest absolute Gasteiger partial charge is 0.394 e. The third-order valence-corrected chi connectivity index (χ3v) is 6.23. The van der Waals surface area contributed by atoms with Crippen molar-refractivity contribution in [3.8, 4) is 11.4 Å².